The van der Waals surface area contributed by atoms with Crippen molar-refractivity contribution in [2.45, 2.75) is 6.10 Å². The molecule has 3 N–H and O–H groups in total. The lowest BCUT2D eigenvalue weighted by Crippen LogP contribution is -2.03. The summed E-state index contributed by atoms with van der Waals surface area (Å²) in [4.78, 5) is 27.8. The van der Waals surface area contributed by atoms with Gasteiger partial charge in [0.15, 0.2) is 0 Å². The zero-order chi connectivity index (χ0) is 20.4. The molecule has 0 spiro atoms. The van der Waals surface area contributed by atoms with Crippen molar-refractivity contribution in [3.05, 3.63) is 68.3 Å². The summed E-state index contributed by atoms with van der Waals surface area (Å²) in [5.41, 5.74) is 0. The molecule has 8 nitrogen and oxygen atoms in total. The largest absolute Gasteiger partial charge is 0.491 e. The first kappa shape index (κ1) is 24.9. The standard InChI is InChI=1S/C9H10O2.3C3H4O2/c1-2-4-8(5-3-1)10-6-9-7-11-9;3*1-2-3(4)5/h1-5,9H,6-7H2;3*2H,1H2,(H,4,5). The predicted molar refractivity (Wildman–Crippen MR) is 95.2 cm³/mol. The van der Waals surface area contributed by atoms with Crippen LogP contribution < -0.4 is 4.74 Å². The number of hydrogen-bond donors (Lipinski definition) is 3. The number of rotatable bonds is 6. The van der Waals surface area contributed by atoms with Gasteiger partial charge in [-0.15, -0.1) is 0 Å². The van der Waals surface area contributed by atoms with Crippen LogP contribution in [0.25, 0.3) is 0 Å². The Kier molecular flexibility index (Phi) is 15.7. The highest BCUT2D eigenvalue weighted by molar-refractivity contribution is 5.79. The van der Waals surface area contributed by atoms with Crippen LogP contribution in [0.15, 0.2) is 68.3 Å². The lowest BCUT2D eigenvalue weighted by Gasteiger charge is -2.01. The molecule has 26 heavy (non-hydrogen) atoms. The van der Waals surface area contributed by atoms with Gasteiger partial charge in [0.2, 0.25) is 0 Å². The topological polar surface area (TPSA) is 134 Å². The fraction of sp³-hybridized carbons (Fsp3) is 0.167. The van der Waals surface area contributed by atoms with Gasteiger partial charge >= 0.3 is 17.9 Å². The number of carboxylic acid groups (broad SMARTS) is 3. The minimum absolute atomic E-state index is 0.343. The van der Waals surface area contributed by atoms with Crippen LogP contribution in [0, 0.1) is 0 Å². The average molecular weight is 366 g/mol. The van der Waals surface area contributed by atoms with E-state index in [1.165, 1.54) is 0 Å². The van der Waals surface area contributed by atoms with E-state index >= 15 is 0 Å². The van der Waals surface area contributed by atoms with E-state index in [-0.39, 0.29) is 0 Å². The lowest BCUT2D eigenvalue weighted by atomic mass is 10.3. The van der Waals surface area contributed by atoms with Crippen LogP contribution >= 0.6 is 0 Å². The maximum Gasteiger partial charge on any atom is 0.327 e. The van der Waals surface area contributed by atoms with Crippen molar-refractivity contribution in [2.24, 2.45) is 0 Å². The lowest BCUT2D eigenvalue weighted by molar-refractivity contribution is -0.132. The van der Waals surface area contributed by atoms with Gasteiger partial charge in [0, 0.05) is 18.2 Å². The number of para-hydroxylation sites is 1. The zero-order valence-corrected chi connectivity index (χ0v) is 14.1. The third kappa shape index (κ3) is 22.9. The molecule has 0 radical (unpaired) electrons. The van der Waals surface area contributed by atoms with Crippen LogP contribution in [-0.2, 0) is 19.1 Å². The van der Waals surface area contributed by atoms with Crippen LogP contribution in [-0.4, -0.2) is 52.5 Å². The van der Waals surface area contributed by atoms with Crippen LogP contribution in [0.1, 0.15) is 0 Å². The molecule has 0 saturated carbocycles. The minimum Gasteiger partial charge on any atom is -0.491 e. The van der Waals surface area contributed by atoms with Crippen molar-refractivity contribution < 1.29 is 39.2 Å². The summed E-state index contributed by atoms with van der Waals surface area (Å²) in [6.45, 7) is 10.4. The van der Waals surface area contributed by atoms with E-state index < -0.39 is 17.9 Å². The second-order valence-corrected chi connectivity index (χ2v) is 4.21. The van der Waals surface area contributed by atoms with Crippen molar-refractivity contribution in [1.29, 1.82) is 0 Å². The van der Waals surface area contributed by atoms with Crippen LogP contribution in [0.4, 0.5) is 0 Å². The highest BCUT2D eigenvalue weighted by atomic mass is 16.6. The van der Waals surface area contributed by atoms with E-state index in [9.17, 15) is 14.4 Å². The molecule has 1 aliphatic rings. The summed E-state index contributed by atoms with van der Waals surface area (Å²) in [6, 6.07) is 9.79. The molecule has 0 aliphatic carbocycles. The Morgan fingerprint density at radius 3 is 1.58 bits per heavy atom. The maximum atomic E-state index is 9.25. The Labute approximate surface area is 151 Å². The van der Waals surface area contributed by atoms with Gasteiger partial charge < -0.3 is 24.8 Å². The molecule has 1 unspecified atom stereocenters. The molecule has 1 aromatic rings. The summed E-state index contributed by atoms with van der Waals surface area (Å²) < 4.78 is 10.4. The molecule has 142 valence electrons. The molecule has 0 bridgehead atoms. The van der Waals surface area contributed by atoms with Crippen molar-refractivity contribution in [1.82, 2.24) is 0 Å². The second-order valence-electron chi connectivity index (χ2n) is 4.21. The number of carbonyl (C=O) groups is 3. The number of carboxylic acids is 3. The molecule has 1 saturated heterocycles. The van der Waals surface area contributed by atoms with E-state index in [4.69, 9.17) is 24.8 Å². The molecule has 1 atom stereocenters. The van der Waals surface area contributed by atoms with Crippen LogP contribution in [0.3, 0.4) is 0 Å². The van der Waals surface area contributed by atoms with E-state index in [2.05, 4.69) is 19.7 Å². The quantitative estimate of drug-likeness (QED) is 0.515. The van der Waals surface area contributed by atoms with Crippen molar-refractivity contribution in [2.75, 3.05) is 13.2 Å². The van der Waals surface area contributed by atoms with Gasteiger partial charge in [-0.25, -0.2) is 14.4 Å². The average Bonchev–Trinajstić information content (AvgIpc) is 3.46. The van der Waals surface area contributed by atoms with E-state index in [0.717, 1.165) is 30.6 Å². The number of ether oxygens (including phenoxy) is 2. The Hall–Kier alpha value is -3.39. The first-order valence-corrected chi connectivity index (χ1v) is 7.12. The van der Waals surface area contributed by atoms with Gasteiger partial charge in [-0.05, 0) is 12.1 Å². The van der Waals surface area contributed by atoms with E-state index in [0.29, 0.717) is 12.7 Å². The normalized spacial score (nSPS) is 12.7. The zero-order valence-electron chi connectivity index (χ0n) is 14.1. The molecule has 1 heterocycles. The van der Waals surface area contributed by atoms with Crippen molar-refractivity contribution in [3.63, 3.8) is 0 Å². The smallest absolute Gasteiger partial charge is 0.327 e. The Morgan fingerprint density at radius 2 is 1.31 bits per heavy atom. The molecule has 0 amide bonds. The first-order valence-electron chi connectivity index (χ1n) is 7.12. The molecular formula is C18H22O8. The van der Waals surface area contributed by atoms with Gasteiger partial charge in [-0.3, -0.25) is 0 Å². The summed E-state index contributed by atoms with van der Waals surface area (Å²) in [6.07, 6.45) is 2.84. The summed E-state index contributed by atoms with van der Waals surface area (Å²) >= 11 is 0. The van der Waals surface area contributed by atoms with Crippen LogP contribution in [0.2, 0.25) is 0 Å². The molecule has 2 rings (SSSR count). The first-order chi connectivity index (χ1) is 12.3. The van der Waals surface area contributed by atoms with Crippen LogP contribution in [0.5, 0.6) is 5.75 Å². The Bertz CT molecular complexity index is 533. The number of hydrogen-bond acceptors (Lipinski definition) is 5. The minimum atomic E-state index is -0.981. The van der Waals surface area contributed by atoms with Gasteiger partial charge in [0.05, 0.1) is 6.61 Å². The van der Waals surface area contributed by atoms with E-state index in [1.807, 2.05) is 30.3 Å². The number of aliphatic carboxylic acids is 3. The van der Waals surface area contributed by atoms with Crippen molar-refractivity contribution >= 4 is 17.9 Å². The fourth-order valence-electron chi connectivity index (χ4n) is 0.870. The molecule has 1 fully saturated rings. The van der Waals surface area contributed by atoms with Gasteiger partial charge in [-0.2, -0.15) is 0 Å². The van der Waals surface area contributed by atoms with E-state index in [1.54, 1.807) is 0 Å². The Morgan fingerprint density at radius 1 is 0.962 bits per heavy atom. The summed E-state index contributed by atoms with van der Waals surface area (Å²) in [7, 11) is 0. The third-order valence-electron chi connectivity index (χ3n) is 2.11. The van der Waals surface area contributed by atoms with Gasteiger partial charge in [0.25, 0.3) is 0 Å². The highest BCUT2D eigenvalue weighted by Gasteiger charge is 2.22. The Balaban J connectivity index is 0. The number of benzene rings is 1. The molecule has 8 heteroatoms. The molecule has 1 aliphatic heterocycles. The second kappa shape index (κ2) is 16.5. The number of epoxide rings is 1. The maximum absolute atomic E-state index is 9.25. The monoisotopic (exact) mass is 366 g/mol. The fourth-order valence-corrected chi connectivity index (χ4v) is 0.870. The predicted octanol–water partition coefficient (Wildman–Crippen LogP) is 2.24. The molecule has 1 aromatic carbocycles. The summed E-state index contributed by atoms with van der Waals surface area (Å²) in [5.74, 6) is -2.02. The van der Waals surface area contributed by atoms with Crippen molar-refractivity contribution in [3.8, 4) is 5.75 Å². The molecular weight excluding hydrogens is 344 g/mol. The SMILES string of the molecule is C=CC(=O)O.C=CC(=O)O.C=CC(=O)O.c1ccc(OCC2CO2)cc1. The van der Waals surface area contributed by atoms with Gasteiger partial charge in [-0.1, -0.05) is 37.9 Å². The highest BCUT2D eigenvalue weighted by Crippen LogP contribution is 2.13. The third-order valence-corrected chi connectivity index (χ3v) is 2.11. The summed E-state index contributed by atoms with van der Waals surface area (Å²) in [5, 5.41) is 22.8. The van der Waals surface area contributed by atoms with Gasteiger partial charge in [0.1, 0.15) is 18.5 Å². The molecule has 0 aromatic heterocycles.